The average molecular weight is 254 g/mol. The second-order valence-electron chi connectivity index (χ2n) is 4.38. The van der Waals surface area contributed by atoms with Gasteiger partial charge in [-0.3, -0.25) is 9.78 Å². The standard InChI is InChI=1S/C12H16ClN3O/c13-9-7-15-6-5-8(9)12(17)16-11-4-2-1-3-10(11)14/h5-7,10-11H,1-4,14H2,(H,16,17). The van der Waals surface area contributed by atoms with E-state index in [2.05, 4.69) is 10.3 Å². The summed E-state index contributed by atoms with van der Waals surface area (Å²) >= 11 is 5.92. The van der Waals surface area contributed by atoms with Crippen molar-refractivity contribution < 1.29 is 4.79 Å². The van der Waals surface area contributed by atoms with Gasteiger partial charge in [-0.15, -0.1) is 0 Å². The van der Waals surface area contributed by atoms with Gasteiger partial charge < -0.3 is 11.1 Å². The van der Waals surface area contributed by atoms with Crippen LogP contribution in [-0.4, -0.2) is 23.0 Å². The molecule has 5 heteroatoms. The van der Waals surface area contributed by atoms with Crippen molar-refractivity contribution >= 4 is 17.5 Å². The number of rotatable bonds is 2. The second-order valence-corrected chi connectivity index (χ2v) is 4.79. The first-order valence-corrected chi connectivity index (χ1v) is 6.22. The van der Waals surface area contributed by atoms with Gasteiger partial charge >= 0.3 is 0 Å². The van der Waals surface area contributed by atoms with Crippen LogP contribution in [0.3, 0.4) is 0 Å². The summed E-state index contributed by atoms with van der Waals surface area (Å²) < 4.78 is 0. The fraction of sp³-hybridized carbons (Fsp3) is 0.500. The van der Waals surface area contributed by atoms with Crippen molar-refractivity contribution in [2.75, 3.05) is 0 Å². The van der Waals surface area contributed by atoms with Crippen molar-refractivity contribution in [1.29, 1.82) is 0 Å². The van der Waals surface area contributed by atoms with Gasteiger partial charge in [-0.25, -0.2) is 0 Å². The number of halogens is 1. The van der Waals surface area contributed by atoms with Crippen LogP contribution in [-0.2, 0) is 0 Å². The van der Waals surface area contributed by atoms with Gasteiger partial charge in [0, 0.05) is 24.5 Å². The van der Waals surface area contributed by atoms with Crippen LogP contribution >= 0.6 is 11.6 Å². The van der Waals surface area contributed by atoms with Gasteiger partial charge in [0.25, 0.3) is 5.91 Å². The largest absolute Gasteiger partial charge is 0.348 e. The van der Waals surface area contributed by atoms with Crippen LogP contribution in [0.25, 0.3) is 0 Å². The summed E-state index contributed by atoms with van der Waals surface area (Å²) in [5.41, 5.74) is 6.44. The lowest BCUT2D eigenvalue weighted by Crippen LogP contribution is -2.49. The molecule has 0 radical (unpaired) electrons. The van der Waals surface area contributed by atoms with E-state index in [9.17, 15) is 4.79 Å². The smallest absolute Gasteiger partial charge is 0.253 e. The second kappa shape index (κ2) is 5.47. The summed E-state index contributed by atoms with van der Waals surface area (Å²) in [6, 6.07) is 1.72. The minimum atomic E-state index is -0.167. The molecule has 2 rings (SSSR count). The van der Waals surface area contributed by atoms with Crippen LogP contribution in [0, 0.1) is 0 Å². The fourth-order valence-corrected chi connectivity index (χ4v) is 2.35. The quantitative estimate of drug-likeness (QED) is 0.844. The molecule has 1 aliphatic carbocycles. The normalized spacial score (nSPS) is 24.4. The van der Waals surface area contributed by atoms with Gasteiger partial charge in [0.05, 0.1) is 10.6 Å². The highest BCUT2D eigenvalue weighted by atomic mass is 35.5. The van der Waals surface area contributed by atoms with Crippen molar-refractivity contribution in [3.8, 4) is 0 Å². The first-order chi connectivity index (χ1) is 8.18. The van der Waals surface area contributed by atoms with Gasteiger partial charge in [-0.2, -0.15) is 0 Å². The zero-order chi connectivity index (χ0) is 12.3. The Bertz CT molecular complexity index is 410. The number of aromatic nitrogens is 1. The number of pyridine rings is 1. The van der Waals surface area contributed by atoms with Gasteiger partial charge in [-0.1, -0.05) is 24.4 Å². The van der Waals surface area contributed by atoms with Crippen LogP contribution in [0.4, 0.5) is 0 Å². The van der Waals surface area contributed by atoms with Gasteiger partial charge in [0.2, 0.25) is 0 Å². The number of carbonyl (C=O) groups excluding carboxylic acids is 1. The molecule has 1 aromatic rings. The number of amides is 1. The summed E-state index contributed by atoms with van der Waals surface area (Å²) in [5.74, 6) is -0.167. The number of hydrogen-bond acceptors (Lipinski definition) is 3. The van der Waals surface area contributed by atoms with Gasteiger partial charge in [0.1, 0.15) is 0 Å². The van der Waals surface area contributed by atoms with Crippen LogP contribution in [0.15, 0.2) is 18.5 Å². The molecule has 1 amide bonds. The molecule has 4 nitrogen and oxygen atoms in total. The maximum absolute atomic E-state index is 12.0. The predicted molar refractivity (Wildman–Crippen MR) is 66.9 cm³/mol. The molecule has 0 aromatic carbocycles. The molecule has 92 valence electrons. The lowest BCUT2D eigenvalue weighted by Gasteiger charge is -2.29. The number of nitrogens with one attached hydrogen (secondary N) is 1. The minimum Gasteiger partial charge on any atom is -0.348 e. The van der Waals surface area contributed by atoms with Crippen LogP contribution < -0.4 is 11.1 Å². The number of nitrogens with two attached hydrogens (primary N) is 1. The van der Waals surface area contributed by atoms with Crippen LogP contribution in [0.2, 0.25) is 5.02 Å². The van der Waals surface area contributed by atoms with Crippen LogP contribution in [0.5, 0.6) is 0 Å². The maximum atomic E-state index is 12.0. The molecule has 3 N–H and O–H groups in total. The Balaban J connectivity index is 2.04. The lowest BCUT2D eigenvalue weighted by atomic mass is 9.91. The Hall–Kier alpha value is -1.13. The van der Waals surface area contributed by atoms with Crippen LogP contribution in [0.1, 0.15) is 36.0 Å². The summed E-state index contributed by atoms with van der Waals surface area (Å²) in [4.78, 5) is 15.9. The van der Waals surface area contributed by atoms with E-state index in [1.807, 2.05) is 0 Å². The van der Waals surface area contributed by atoms with Crippen molar-refractivity contribution in [1.82, 2.24) is 10.3 Å². The number of nitrogens with zero attached hydrogens (tertiary/aromatic N) is 1. The number of carbonyl (C=O) groups is 1. The van der Waals surface area contributed by atoms with Crippen molar-refractivity contribution in [3.63, 3.8) is 0 Å². The molecular weight excluding hydrogens is 238 g/mol. The third-order valence-corrected chi connectivity index (χ3v) is 3.45. The molecule has 0 spiro atoms. The molecule has 0 bridgehead atoms. The van der Waals surface area contributed by atoms with Crippen molar-refractivity contribution in [2.45, 2.75) is 37.8 Å². The highest BCUT2D eigenvalue weighted by molar-refractivity contribution is 6.33. The highest BCUT2D eigenvalue weighted by Crippen LogP contribution is 2.18. The van der Waals surface area contributed by atoms with E-state index >= 15 is 0 Å². The molecule has 1 saturated carbocycles. The minimum absolute atomic E-state index is 0.0494. The molecule has 2 unspecified atom stereocenters. The molecule has 1 aliphatic rings. The molecule has 17 heavy (non-hydrogen) atoms. The Kier molecular flexibility index (Phi) is 3.97. The average Bonchev–Trinajstić information content (AvgIpc) is 2.32. The first kappa shape index (κ1) is 12.3. The van der Waals surface area contributed by atoms with E-state index in [0.29, 0.717) is 10.6 Å². The summed E-state index contributed by atoms with van der Waals surface area (Å²) in [6.07, 6.45) is 7.19. The Labute approximate surface area is 106 Å². The van der Waals surface area contributed by atoms with E-state index in [1.165, 1.54) is 6.20 Å². The molecule has 1 heterocycles. The Morgan fingerprint density at radius 3 is 2.94 bits per heavy atom. The van der Waals surface area contributed by atoms with E-state index in [4.69, 9.17) is 17.3 Å². The molecule has 2 atom stereocenters. The highest BCUT2D eigenvalue weighted by Gasteiger charge is 2.24. The molecule has 0 aliphatic heterocycles. The van der Waals surface area contributed by atoms with E-state index in [-0.39, 0.29) is 18.0 Å². The fourth-order valence-electron chi connectivity index (χ4n) is 2.14. The summed E-state index contributed by atoms with van der Waals surface area (Å²) in [6.45, 7) is 0. The zero-order valence-electron chi connectivity index (χ0n) is 9.53. The van der Waals surface area contributed by atoms with Crippen molar-refractivity contribution in [2.24, 2.45) is 5.73 Å². The van der Waals surface area contributed by atoms with E-state index < -0.39 is 0 Å². The predicted octanol–water partition coefficient (Wildman–Crippen LogP) is 1.73. The summed E-state index contributed by atoms with van der Waals surface area (Å²) in [7, 11) is 0. The van der Waals surface area contributed by atoms with Gasteiger partial charge in [0.15, 0.2) is 0 Å². The SMILES string of the molecule is NC1CCCCC1NC(=O)c1ccncc1Cl. The maximum Gasteiger partial charge on any atom is 0.253 e. The lowest BCUT2D eigenvalue weighted by molar-refractivity contribution is 0.0921. The third kappa shape index (κ3) is 2.96. The third-order valence-electron chi connectivity index (χ3n) is 3.15. The monoisotopic (exact) mass is 253 g/mol. The van der Waals surface area contributed by atoms with E-state index in [1.54, 1.807) is 12.3 Å². The zero-order valence-corrected chi connectivity index (χ0v) is 10.3. The molecule has 1 aromatic heterocycles. The topological polar surface area (TPSA) is 68.0 Å². The first-order valence-electron chi connectivity index (χ1n) is 5.84. The molecule has 1 fully saturated rings. The molecule has 0 saturated heterocycles. The molecular formula is C12H16ClN3O. The van der Waals surface area contributed by atoms with E-state index in [0.717, 1.165) is 25.7 Å². The Morgan fingerprint density at radius 1 is 1.47 bits per heavy atom. The van der Waals surface area contributed by atoms with Gasteiger partial charge in [-0.05, 0) is 18.9 Å². The number of hydrogen-bond donors (Lipinski definition) is 2. The van der Waals surface area contributed by atoms with Crippen molar-refractivity contribution in [3.05, 3.63) is 29.0 Å². The summed E-state index contributed by atoms with van der Waals surface area (Å²) in [5, 5.41) is 3.32. The Morgan fingerprint density at radius 2 is 2.24 bits per heavy atom.